The van der Waals surface area contributed by atoms with E-state index in [0.29, 0.717) is 5.41 Å². The summed E-state index contributed by atoms with van der Waals surface area (Å²) in [5, 5.41) is 4.20. The maximum absolute atomic E-state index is 6.09. The Morgan fingerprint density at radius 1 is 1.47 bits per heavy atom. The van der Waals surface area contributed by atoms with Crippen molar-refractivity contribution in [2.45, 2.75) is 45.6 Å². The Morgan fingerprint density at radius 2 is 2.24 bits per heavy atom. The monoisotopic (exact) mass is 233 g/mol. The summed E-state index contributed by atoms with van der Waals surface area (Å²) in [6.45, 7) is 4.62. The van der Waals surface area contributed by atoms with Gasteiger partial charge in [0.15, 0.2) is 0 Å². The smallest absolute Gasteiger partial charge is 0.0492 e. The Labute approximate surface area is 104 Å². The highest BCUT2D eigenvalue weighted by molar-refractivity contribution is 5.16. The predicted octanol–water partition coefficient (Wildman–Crippen LogP) is 2.43. The number of nitrogens with two attached hydrogens (primary N) is 1. The molecule has 1 aromatic rings. The van der Waals surface area contributed by atoms with Crippen LogP contribution in [0.3, 0.4) is 0 Å². The first-order valence-corrected chi connectivity index (χ1v) is 6.38. The number of hydrogen-bond acceptors (Lipinski definition) is 2. The van der Waals surface area contributed by atoms with Gasteiger partial charge in [0, 0.05) is 25.0 Å². The minimum Gasteiger partial charge on any atom is -0.324 e. The van der Waals surface area contributed by atoms with Crippen molar-refractivity contribution in [1.82, 2.24) is 9.78 Å². The summed E-state index contributed by atoms with van der Waals surface area (Å²) in [7, 11) is 2.00. The highest BCUT2D eigenvalue weighted by Crippen LogP contribution is 2.36. The van der Waals surface area contributed by atoms with E-state index in [1.54, 1.807) is 0 Å². The number of rotatable bonds is 3. The Bertz CT molecular complexity index is 415. The maximum Gasteiger partial charge on any atom is 0.0492 e. The second kappa shape index (κ2) is 4.65. The zero-order valence-corrected chi connectivity index (χ0v) is 11.1. The van der Waals surface area contributed by atoms with Gasteiger partial charge in [-0.3, -0.25) is 4.68 Å². The van der Waals surface area contributed by atoms with Gasteiger partial charge in [0.1, 0.15) is 0 Å². The normalized spacial score (nSPS) is 23.5. The molecular formula is C14H23N3. The number of aryl methyl sites for hydroxylation is 2. The summed E-state index contributed by atoms with van der Waals surface area (Å²) in [6, 6.07) is 2.33. The van der Waals surface area contributed by atoms with Gasteiger partial charge in [0.05, 0.1) is 0 Å². The van der Waals surface area contributed by atoms with Gasteiger partial charge in [-0.05, 0) is 37.2 Å². The molecule has 0 bridgehead atoms. The molecule has 17 heavy (non-hydrogen) atoms. The van der Waals surface area contributed by atoms with E-state index in [4.69, 9.17) is 5.73 Å². The third kappa shape index (κ3) is 3.19. The molecule has 0 radical (unpaired) electrons. The quantitative estimate of drug-likeness (QED) is 0.815. The zero-order valence-electron chi connectivity index (χ0n) is 11.1. The van der Waals surface area contributed by atoms with Gasteiger partial charge in [-0.15, -0.1) is 0 Å². The Hall–Kier alpha value is -1.09. The molecule has 1 atom stereocenters. The Balaban J connectivity index is 1.98. The molecule has 0 aliphatic heterocycles. The van der Waals surface area contributed by atoms with E-state index in [0.717, 1.165) is 19.3 Å². The fourth-order valence-corrected chi connectivity index (χ4v) is 2.85. The third-order valence-corrected chi connectivity index (χ3v) is 3.57. The molecule has 0 aromatic carbocycles. The summed E-state index contributed by atoms with van der Waals surface area (Å²) in [4.78, 5) is 0. The molecule has 2 N–H and O–H groups in total. The van der Waals surface area contributed by atoms with Crippen LogP contribution < -0.4 is 5.73 Å². The van der Waals surface area contributed by atoms with Crippen LogP contribution in [-0.2, 0) is 13.5 Å². The van der Waals surface area contributed by atoms with Crippen molar-refractivity contribution in [1.29, 1.82) is 0 Å². The number of allylic oxidation sites excluding steroid dienone is 1. The predicted molar refractivity (Wildman–Crippen MR) is 70.6 cm³/mol. The van der Waals surface area contributed by atoms with Crippen LogP contribution in [0.4, 0.5) is 0 Å². The van der Waals surface area contributed by atoms with Crippen LogP contribution in [0.1, 0.15) is 38.8 Å². The van der Waals surface area contributed by atoms with Crippen molar-refractivity contribution in [2.24, 2.45) is 18.2 Å². The minimum atomic E-state index is 0.236. The lowest BCUT2D eigenvalue weighted by atomic mass is 9.74. The summed E-state index contributed by atoms with van der Waals surface area (Å²) < 4.78 is 1.95. The van der Waals surface area contributed by atoms with Crippen LogP contribution >= 0.6 is 0 Å². The van der Waals surface area contributed by atoms with Crippen LogP contribution in [0, 0.1) is 5.41 Å². The van der Waals surface area contributed by atoms with E-state index < -0.39 is 0 Å². The molecule has 1 aliphatic rings. The number of hydrogen-bond donors (Lipinski definition) is 1. The van der Waals surface area contributed by atoms with Crippen LogP contribution in [-0.4, -0.2) is 15.8 Å². The highest BCUT2D eigenvalue weighted by atomic mass is 15.2. The second-order valence-electron chi connectivity index (χ2n) is 5.98. The van der Waals surface area contributed by atoms with E-state index in [9.17, 15) is 0 Å². The summed E-state index contributed by atoms with van der Waals surface area (Å²) in [5.41, 5.74) is 9.25. The minimum absolute atomic E-state index is 0.236. The third-order valence-electron chi connectivity index (χ3n) is 3.57. The van der Waals surface area contributed by atoms with Gasteiger partial charge in [-0.25, -0.2) is 0 Å². The summed E-state index contributed by atoms with van der Waals surface area (Å²) in [6.07, 6.45) is 8.57. The van der Waals surface area contributed by atoms with Crippen molar-refractivity contribution < 1.29 is 0 Å². The summed E-state index contributed by atoms with van der Waals surface area (Å²) >= 11 is 0. The van der Waals surface area contributed by atoms with Crippen molar-refractivity contribution in [3.05, 3.63) is 29.6 Å². The van der Waals surface area contributed by atoms with Crippen molar-refractivity contribution in [2.75, 3.05) is 0 Å². The largest absolute Gasteiger partial charge is 0.324 e. The van der Waals surface area contributed by atoms with Gasteiger partial charge >= 0.3 is 0 Å². The molecular weight excluding hydrogens is 210 g/mol. The maximum atomic E-state index is 6.09. The molecule has 1 aliphatic carbocycles. The SMILES string of the molecule is Cn1nccc1CCC1=CC(N)CC(C)(C)C1. The van der Waals surface area contributed by atoms with Gasteiger partial charge in [0.2, 0.25) is 0 Å². The molecule has 1 heterocycles. The molecule has 94 valence electrons. The fraction of sp³-hybridized carbons (Fsp3) is 0.643. The van der Waals surface area contributed by atoms with Gasteiger partial charge in [-0.1, -0.05) is 25.5 Å². The van der Waals surface area contributed by atoms with Gasteiger partial charge < -0.3 is 5.73 Å². The highest BCUT2D eigenvalue weighted by Gasteiger charge is 2.26. The van der Waals surface area contributed by atoms with E-state index >= 15 is 0 Å². The van der Waals surface area contributed by atoms with Crippen molar-refractivity contribution in [3.63, 3.8) is 0 Å². The summed E-state index contributed by atoms with van der Waals surface area (Å²) in [5.74, 6) is 0. The van der Waals surface area contributed by atoms with Crippen LogP contribution in [0.25, 0.3) is 0 Å². The molecule has 0 fully saturated rings. The first-order chi connectivity index (χ1) is 7.96. The molecule has 0 saturated carbocycles. The van der Waals surface area contributed by atoms with Crippen molar-refractivity contribution in [3.8, 4) is 0 Å². The molecule has 1 unspecified atom stereocenters. The standard InChI is InChI=1S/C14H23N3/c1-14(2)9-11(8-12(15)10-14)4-5-13-6-7-16-17(13)3/h6-8,12H,4-5,9-10,15H2,1-3H3. The average Bonchev–Trinajstić information content (AvgIpc) is 2.58. The van der Waals surface area contributed by atoms with Crippen molar-refractivity contribution >= 4 is 0 Å². The van der Waals surface area contributed by atoms with E-state index in [1.807, 2.05) is 17.9 Å². The van der Waals surface area contributed by atoms with Crippen LogP contribution in [0.2, 0.25) is 0 Å². The van der Waals surface area contributed by atoms with Gasteiger partial charge in [0.25, 0.3) is 0 Å². The van der Waals surface area contributed by atoms with E-state index in [2.05, 4.69) is 31.1 Å². The molecule has 0 spiro atoms. The lowest BCUT2D eigenvalue weighted by Gasteiger charge is -2.33. The zero-order chi connectivity index (χ0) is 12.5. The van der Waals surface area contributed by atoms with E-state index in [1.165, 1.54) is 17.7 Å². The number of aromatic nitrogens is 2. The van der Waals surface area contributed by atoms with Crippen LogP contribution in [0.5, 0.6) is 0 Å². The lowest BCUT2D eigenvalue weighted by molar-refractivity contribution is 0.297. The Morgan fingerprint density at radius 3 is 2.82 bits per heavy atom. The molecule has 0 saturated heterocycles. The lowest BCUT2D eigenvalue weighted by Crippen LogP contribution is -2.31. The van der Waals surface area contributed by atoms with Gasteiger partial charge in [-0.2, -0.15) is 5.10 Å². The molecule has 0 amide bonds. The Kier molecular flexibility index (Phi) is 3.38. The first kappa shape index (κ1) is 12.4. The fourth-order valence-electron chi connectivity index (χ4n) is 2.85. The molecule has 3 heteroatoms. The average molecular weight is 233 g/mol. The molecule has 2 rings (SSSR count). The molecule has 3 nitrogen and oxygen atoms in total. The molecule has 1 aromatic heterocycles. The van der Waals surface area contributed by atoms with Crippen LogP contribution in [0.15, 0.2) is 23.9 Å². The van der Waals surface area contributed by atoms with E-state index in [-0.39, 0.29) is 6.04 Å². The first-order valence-electron chi connectivity index (χ1n) is 6.38. The topological polar surface area (TPSA) is 43.8 Å². The second-order valence-corrected chi connectivity index (χ2v) is 5.98. The number of nitrogens with zero attached hydrogens (tertiary/aromatic N) is 2.